The molecular weight excluding hydrogens is 244 g/mol. The zero-order valence-electron chi connectivity index (χ0n) is 12.1. The molecule has 0 aliphatic heterocycles. The van der Waals surface area contributed by atoms with Crippen molar-refractivity contribution in [3.05, 3.63) is 0 Å². The molecule has 0 aromatic carbocycles. The monoisotopic (exact) mass is 268 g/mol. The fraction of sp³-hybridized carbons (Fsp3) is 0.857. The SMILES string of the molecule is CC(C)(C)OC(=O)N(CCO)C1(C#N)CCCCC1. The number of nitriles is 1. The maximum atomic E-state index is 12.3. The van der Waals surface area contributed by atoms with E-state index in [-0.39, 0.29) is 13.2 Å². The summed E-state index contributed by atoms with van der Waals surface area (Å²) >= 11 is 0. The maximum Gasteiger partial charge on any atom is 0.411 e. The first-order valence-corrected chi connectivity index (χ1v) is 6.87. The fourth-order valence-corrected chi connectivity index (χ4v) is 2.48. The van der Waals surface area contributed by atoms with Gasteiger partial charge in [-0.25, -0.2) is 4.79 Å². The Balaban J connectivity index is 2.91. The first-order valence-electron chi connectivity index (χ1n) is 6.87. The van der Waals surface area contributed by atoms with E-state index >= 15 is 0 Å². The van der Waals surface area contributed by atoms with Gasteiger partial charge in [0.1, 0.15) is 11.1 Å². The Morgan fingerprint density at radius 2 is 1.95 bits per heavy atom. The van der Waals surface area contributed by atoms with Crippen LogP contribution in [-0.4, -0.2) is 40.4 Å². The molecule has 0 radical (unpaired) electrons. The Morgan fingerprint density at radius 1 is 1.37 bits per heavy atom. The van der Waals surface area contributed by atoms with E-state index in [2.05, 4.69) is 6.07 Å². The number of nitrogens with zero attached hydrogens (tertiary/aromatic N) is 2. The number of ether oxygens (including phenoxy) is 1. The van der Waals surface area contributed by atoms with Gasteiger partial charge in [-0.1, -0.05) is 19.3 Å². The van der Waals surface area contributed by atoms with Crippen molar-refractivity contribution in [1.82, 2.24) is 4.90 Å². The number of hydrogen-bond donors (Lipinski definition) is 1. The van der Waals surface area contributed by atoms with Crippen LogP contribution in [0.15, 0.2) is 0 Å². The second-order valence-corrected chi connectivity index (χ2v) is 6.06. The molecule has 1 aliphatic rings. The minimum absolute atomic E-state index is 0.141. The van der Waals surface area contributed by atoms with Gasteiger partial charge in [-0.2, -0.15) is 5.26 Å². The van der Waals surface area contributed by atoms with Crippen molar-refractivity contribution in [2.75, 3.05) is 13.2 Å². The van der Waals surface area contributed by atoms with Gasteiger partial charge in [-0.3, -0.25) is 4.90 Å². The van der Waals surface area contributed by atoms with Crippen LogP contribution in [0.1, 0.15) is 52.9 Å². The van der Waals surface area contributed by atoms with E-state index in [1.54, 1.807) is 20.8 Å². The lowest BCUT2D eigenvalue weighted by molar-refractivity contribution is -0.00444. The van der Waals surface area contributed by atoms with Crippen molar-refractivity contribution in [2.24, 2.45) is 0 Å². The lowest BCUT2D eigenvalue weighted by Gasteiger charge is -2.41. The third-order valence-corrected chi connectivity index (χ3v) is 3.34. The minimum Gasteiger partial charge on any atom is -0.444 e. The standard InChI is InChI=1S/C14H24N2O3/c1-13(2,3)19-12(18)16(9-10-17)14(11-15)7-5-4-6-8-14/h17H,4-10H2,1-3H3. The van der Waals surface area contributed by atoms with E-state index in [0.29, 0.717) is 12.8 Å². The molecule has 5 nitrogen and oxygen atoms in total. The lowest BCUT2D eigenvalue weighted by atomic mass is 9.81. The van der Waals surface area contributed by atoms with Crippen LogP contribution < -0.4 is 0 Å². The smallest absolute Gasteiger partial charge is 0.411 e. The summed E-state index contributed by atoms with van der Waals surface area (Å²) < 4.78 is 5.36. The number of amides is 1. The van der Waals surface area contributed by atoms with Crippen LogP contribution in [0.2, 0.25) is 0 Å². The molecule has 1 N–H and O–H groups in total. The summed E-state index contributed by atoms with van der Waals surface area (Å²) in [6.07, 6.45) is 3.75. The Labute approximate surface area is 115 Å². The van der Waals surface area contributed by atoms with Gasteiger partial charge < -0.3 is 9.84 Å². The second-order valence-electron chi connectivity index (χ2n) is 6.06. The molecule has 0 unspecified atom stereocenters. The lowest BCUT2D eigenvalue weighted by Crippen LogP contribution is -2.54. The molecule has 108 valence electrons. The number of aliphatic hydroxyl groups excluding tert-OH is 1. The van der Waals surface area contributed by atoms with E-state index in [1.807, 2.05) is 0 Å². The van der Waals surface area contributed by atoms with Crippen molar-refractivity contribution in [3.63, 3.8) is 0 Å². The molecule has 0 aromatic rings. The number of rotatable bonds is 3. The third kappa shape index (κ3) is 4.10. The topological polar surface area (TPSA) is 73.6 Å². The van der Waals surface area contributed by atoms with Gasteiger partial charge in [0.2, 0.25) is 0 Å². The van der Waals surface area contributed by atoms with Crippen LogP contribution in [0.4, 0.5) is 4.79 Å². The summed E-state index contributed by atoms with van der Waals surface area (Å²) in [7, 11) is 0. The second kappa shape index (κ2) is 6.25. The van der Waals surface area contributed by atoms with Crippen molar-refractivity contribution in [2.45, 2.75) is 64.0 Å². The Hall–Kier alpha value is -1.28. The Morgan fingerprint density at radius 3 is 2.37 bits per heavy atom. The van der Waals surface area contributed by atoms with Crippen LogP contribution in [0.5, 0.6) is 0 Å². The van der Waals surface area contributed by atoms with Crippen molar-refractivity contribution in [1.29, 1.82) is 5.26 Å². The number of aliphatic hydroxyl groups is 1. The van der Waals surface area contributed by atoms with Crippen LogP contribution >= 0.6 is 0 Å². The molecule has 19 heavy (non-hydrogen) atoms. The van der Waals surface area contributed by atoms with E-state index < -0.39 is 17.2 Å². The van der Waals surface area contributed by atoms with Gasteiger partial charge >= 0.3 is 6.09 Å². The summed E-state index contributed by atoms with van der Waals surface area (Å²) in [6.45, 7) is 5.36. The number of carbonyl (C=O) groups is 1. The van der Waals surface area contributed by atoms with Gasteiger partial charge in [0, 0.05) is 6.54 Å². The number of carbonyl (C=O) groups excluding carboxylic acids is 1. The molecule has 0 bridgehead atoms. The van der Waals surface area contributed by atoms with E-state index in [4.69, 9.17) is 9.84 Å². The molecule has 1 aliphatic carbocycles. The molecule has 1 saturated carbocycles. The highest BCUT2D eigenvalue weighted by molar-refractivity contribution is 5.70. The van der Waals surface area contributed by atoms with Crippen LogP contribution in [0, 0.1) is 11.3 Å². The summed E-state index contributed by atoms with van der Waals surface area (Å²) in [5.74, 6) is 0. The van der Waals surface area contributed by atoms with Crippen LogP contribution in [0.3, 0.4) is 0 Å². The van der Waals surface area contributed by atoms with Gasteiger partial charge in [0.05, 0.1) is 12.7 Å². The molecular formula is C14H24N2O3. The summed E-state index contributed by atoms with van der Waals surface area (Å²) in [5.41, 5.74) is -1.42. The zero-order chi connectivity index (χ0) is 14.5. The molecule has 0 atom stereocenters. The van der Waals surface area contributed by atoms with Gasteiger partial charge in [0.15, 0.2) is 0 Å². The highest BCUT2D eigenvalue weighted by atomic mass is 16.6. The van der Waals surface area contributed by atoms with Gasteiger partial charge in [0.25, 0.3) is 0 Å². The van der Waals surface area contributed by atoms with Crippen molar-refractivity contribution >= 4 is 6.09 Å². The molecule has 0 spiro atoms. The highest BCUT2D eigenvalue weighted by Crippen LogP contribution is 2.34. The maximum absolute atomic E-state index is 12.3. The fourth-order valence-electron chi connectivity index (χ4n) is 2.48. The summed E-state index contributed by atoms with van der Waals surface area (Å²) in [5, 5.41) is 18.7. The van der Waals surface area contributed by atoms with Gasteiger partial charge in [-0.15, -0.1) is 0 Å². The average molecular weight is 268 g/mol. The zero-order valence-corrected chi connectivity index (χ0v) is 12.1. The molecule has 1 fully saturated rings. The van der Waals surface area contributed by atoms with Crippen molar-refractivity contribution < 1.29 is 14.6 Å². The first-order chi connectivity index (χ1) is 8.84. The van der Waals surface area contributed by atoms with Crippen LogP contribution in [0.25, 0.3) is 0 Å². The largest absolute Gasteiger partial charge is 0.444 e. The highest BCUT2D eigenvalue weighted by Gasteiger charge is 2.42. The Kier molecular flexibility index (Phi) is 5.19. The quantitative estimate of drug-likeness (QED) is 0.853. The number of hydrogen-bond acceptors (Lipinski definition) is 4. The van der Waals surface area contributed by atoms with E-state index in [1.165, 1.54) is 4.90 Å². The third-order valence-electron chi connectivity index (χ3n) is 3.34. The predicted octanol–water partition coefficient (Wildman–Crippen LogP) is 2.44. The minimum atomic E-state index is -0.816. The van der Waals surface area contributed by atoms with Crippen molar-refractivity contribution in [3.8, 4) is 6.07 Å². The Bertz CT molecular complexity index is 349. The molecule has 5 heteroatoms. The van der Waals surface area contributed by atoms with E-state index in [0.717, 1.165) is 19.3 Å². The van der Waals surface area contributed by atoms with Crippen LogP contribution in [-0.2, 0) is 4.74 Å². The first kappa shape index (κ1) is 15.8. The number of β-amino-alcohol motifs (C(OH)–C–C–N with tert-alkyl or cyclic N) is 1. The summed E-state index contributed by atoms with van der Waals surface area (Å²) in [6, 6.07) is 2.28. The molecule has 0 heterocycles. The summed E-state index contributed by atoms with van der Waals surface area (Å²) in [4.78, 5) is 13.7. The normalized spacial score (nSPS) is 18.5. The van der Waals surface area contributed by atoms with E-state index in [9.17, 15) is 10.1 Å². The van der Waals surface area contributed by atoms with Gasteiger partial charge in [-0.05, 0) is 33.6 Å². The molecule has 1 amide bonds. The predicted molar refractivity (Wildman–Crippen MR) is 71.5 cm³/mol. The molecule has 0 aromatic heterocycles. The molecule has 1 rings (SSSR count). The molecule has 0 saturated heterocycles. The average Bonchev–Trinajstić information content (AvgIpc) is 2.34.